The molecule has 0 radical (unpaired) electrons. The van der Waals surface area contributed by atoms with Crippen LogP contribution in [0.5, 0.6) is 0 Å². The van der Waals surface area contributed by atoms with Gasteiger partial charge in [-0.05, 0) is 24.8 Å². The van der Waals surface area contributed by atoms with E-state index in [4.69, 9.17) is 5.11 Å². The van der Waals surface area contributed by atoms with Crippen molar-refractivity contribution in [3.63, 3.8) is 0 Å². The first-order chi connectivity index (χ1) is 10.4. The van der Waals surface area contributed by atoms with E-state index in [2.05, 4.69) is 24.3 Å². The summed E-state index contributed by atoms with van der Waals surface area (Å²) in [5, 5.41) is 15.6. The zero-order chi connectivity index (χ0) is 16.5. The van der Waals surface area contributed by atoms with Gasteiger partial charge >= 0.3 is 5.97 Å². The van der Waals surface area contributed by atoms with Gasteiger partial charge in [0.05, 0.1) is 0 Å². The Balaban J connectivity index is 2.18. The number of carboxylic acid groups (broad SMARTS) is 1. The smallest absolute Gasteiger partial charge is 0.303 e. The second kappa shape index (κ2) is 9.23. The minimum atomic E-state index is -0.733. The molecule has 1 heterocycles. The minimum absolute atomic E-state index is 0.131. The second-order valence-electron chi connectivity index (χ2n) is 5.90. The lowest BCUT2D eigenvalue weighted by atomic mass is 10.1. The number of unbranched alkanes of at least 4 members (excludes halogenated alkanes) is 4. The van der Waals surface area contributed by atoms with Crippen molar-refractivity contribution in [3.8, 4) is 0 Å². The second-order valence-corrected chi connectivity index (χ2v) is 5.90. The molecule has 0 fully saturated rings. The summed E-state index contributed by atoms with van der Waals surface area (Å²) in [6, 6.07) is 1.84. The third kappa shape index (κ3) is 6.28. The highest BCUT2D eigenvalue weighted by atomic mass is 16.4. The number of rotatable bonds is 10. The van der Waals surface area contributed by atoms with Gasteiger partial charge < -0.3 is 10.4 Å². The Morgan fingerprint density at radius 2 is 1.86 bits per heavy atom. The quantitative estimate of drug-likeness (QED) is 0.651. The molecule has 6 nitrogen and oxygen atoms in total. The molecule has 0 unspecified atom stereocenters. The molecular formula is C16H27N3O3. The fraction of sp³-hybridized carbons (Fsp3) is 0.688. The predicted octanol–water partition coefficient (Wildman–Crippen LogP) is 2.70. The SMILES string of the molecule is CC(C)c1cc(C(=O)NCCCCCCCC(=O)O)nn1C. The first-order valence-electron chi connectivity index (χ1n) is 7.95. The monoisotopic (exact) mass is 309 g/mol. The van der Waals surface area contributed by atoms with Crippen LogP contribution in [0.4, 0.5) is 0 Å². The van der Waals surface area contributed by atoms with Crippen LogP contribution >= 0.6 is 0 Å². The normalized spacial score (nSPS) is 10.9. The fourth-order valence-corrected chi connectivity index (χ4v) is 2.36. The maximum Gasteiger partial charge on any atom is 0.303 e. The van der Waals surface area contributed by atoms with Crippen LogP contribution in [0.25, 0.3) is 0 Å². The van der Waals surface area contributed by atoms with Crippen molar-refractivity contribution in [2.45, 2.75) is 58.3 Å². The van der Waals surface area contributed by atoms with Crippen LogP contribution in [0.3, 0.4) is 0 Å². The molecule has 6 heteroatoms. The lowest BCUT2D eigenvalue weighted by molar-refractivity contribution is -0.137. The molecule has 0 aliphatic heterocycles. The van der Waals surface area contributed by atoms with E-state index in [1.165, 1.54) is 0 Å². The number of aryl methyl sites for hydroxylation is 1. The Kier molecular flexibility index (Phi) is 7.63. The van der Waals surface area contributed by atoms with Gasteiger partial charge in [-0.15, -0.1) is 0 Å². The van der Waals surface area contributed by atoms with Gasteiger partial charge in [-0.2, -0.15) is 5.10 Å². The highest BCUT2D eigenvalue weighted by molar-refractivity contribution is 5.92. The van der Waals surface area contributed by atoms with E-state index < -0.39 is 5.97 Å². The first kappa shape index (κ1) is 18.2. The first-order valence-corrected chi connectivity index (χ1v) is 7.95. The number of carbonyl (C=O) groups excluding carboxylic acids is 1. The van der Waals surface area contributed by atoms with E-state index in [0.717, 1.165) is 37.8 Å². The van der Waals surface area contributed by atoms with Gasteiger partial charge in [-0.1, -0.05) is 33.1 Å². The minimum Gasteiger partial charge on any atom is -0.481 e. The van der Waals surface area contributed by atoms with E-state index in [1.807, 2.05) is 13.1 Å². The molecular weight excluding hydrogens is 282 g/mol. The molecule has 0 spiro atoms. The number of hydrogen-bond donors (Lipinski definition) is 2. The van der Waals surface area contributed by atoms with Gasteiger partial charge in [-0.25, -0.2) is 0 Å². The Labute approximate surface area is 131 Å². The summed E-state index contributed by atoms with van der Waals surface area (Å²) in [5.74, 6) is -0.526. The van der Waals surface area contributed by atoms with E-state index in [0.29, 0.717) is 18.2 Å². The van der Waals surface area contributed by atoms with E-state index in [-0.39, 0.29) is 12.3 Å². The predicted molar refractivity (Wildman–Crippen MR) is 85.0 cm³/mol. The molecule has 22 heavy (non-hydrogen) atoms. The van der Waals surface area contributed by atoms with Crippen LogP contribution in [0.15, 0.2) is 6.07 Å². The van der Waals surface area contributed by atoms with Crippen LogP contribution in [0.1, 0.15) is 74.5 Å². The molecule has 1 amide bonds. The van der Waals surface area contributed by atoms with Gasteiger partial charge in [-0.3, -0.25) is 14.3 Å². The van der Waals surface area contributed by atoms with Crippen molar-refractivity contribution < 1.29 is 14.7 Å². The molecule has 0 bridgehead atoms. The molecule has 124 valence electrons. The van der Waals surface area contributed by atoms with Gasteiger partial charge in [0.2, 0.25) is 0 Å². The maximum atomic E-state index is 12.0. The Morgan fingerprint density at radius 3 is 2.45 bits per heavy atom. The number of nitrogens with one attached hydrogen (secondary N) is 1. The number of aromatic nitrogens is 2. The summed E-state index contributed by atoms with van der Waals surface area (Å²) in [7, 11) is 1.85. The van der Waals surface area contributed by atoms with Gasteiger partial charge in [0.1, 0.15) is 5.69 Å². The van der Waals surface area contributed by atoms with Crippen molar-refractivity contribution in [2.75, 3.05) is 6.54 Å². The molecule has 0 saturated heterocycles. The van der Waals surface area contributed by atoms with Crippen LogP contribution < -0.4 is 5.32 Å². The van der Waals surface area contributed by atoms with Gasteiger partial charge in [0.25, 0.3) is 5.91 Å². The van der Waals surface area contributed by atoms with Crippen LogP contribution in [0.2, 0.25) is 0 Å². The van der Waals surface area contributed by atoms with Crippen molar-refractivity contribution in [1.29, 1.82) is 0 Å². The molecule has 0 atom stereocenters. The molecule has 1 aromatic rings. The third-order valence-electron chi connectivity index (χ3n) is 3.59. The van der Waals surface area contributed by atoms with E-state index in [1.54, 1.807) is 4.68 Å². The topological polar surface area (TPSA) is 84.2 Å². The number of nitrogens with zero attached hydrogens (tertiary/aromatic N) is 2. The average molecular weight is 309 g/mol. The van der Waals surface area contributed by atoms with Crippen LogP contribution in [-0.2, 0) is 11.8 Å². The van der Waals surface area contributed by atoms with Gasteiger partial charge in [0, 0.05) is 25.7 Å². The molecule has 0 saturated carbocycles. The van der Waals surface area contributed by atoms with Crippen molar-refractivity contribution >= 4 is 11.9 Å². The summed E-state index contributed by atoms with van der Waals surface area (Å²) >= 11 is 0. The third-order valence-corrected chi connectivity index (χ3v) is 3.59. The number of hydrogen-bond acceptors (Lipinski definition) is 3. The molecule has 2 N–H and O–H groups in total. The molecule has 0 aliphatic carbocycles. The van der Waals surface area contributed by atoms with Crippen molar-refractivity contribution in [1.82, 2.24) is 15.1 Å². The molecule has 1 rings (SSSR count). The Morgan fingerprint density at radius 1 is 1.23 bits per heavy atom. The summed E-state index contributed by atoms with van der Waals surface area (Å²) in [5.41, 5.74) is 1.51. The van der Waals surface area contributed by atoms with Crippen LogP contribution in [0, 0.1) is 0 Å². The van der Waals surface area contributed by atoms with Crippen LogP contribution in [-0.4, -0.2) is 33.3 Å². The van der Waals surface area contributed by atoms with Crippen molar-refractivity contribution in [2.24, 2.45) is 7.05 Å². The average Bonchev–Trinajstić information content (AvgIpc) is 2.83. The summed E-state index contributed by atoms with van der Waals surface area (Å²) < 4.78 is 1.75. The lowest BCUT2D eigenvalue weighted by Gasteiger charge is -2.03. The largest absolute Gasteiger partial charge is 0.481 e. The lowest BCUT2D eigenvalue weighted by Crippen LogP contribution is -2.24. The zero-order valence-electron chi connectivity index (χ0n) is 13.8. The molecule has 0 aromatic carbocycles. The van der Waals surface area contributed by atoms with E-state index >= 15 is 0 Å². The standard InChI is InChI=1S/C16H27N3O3/c1-12(2)14-11-13(18-19(14)3)16(22)17-10-8-6-4-5-7-9-15(20)21/h11-12H,4-10H2,1-3H3,(H,17,22)(H,20,21). The highest BCUT2D eigenvalue weighted by Crippen LogP contribution is 2.14. The fourth-order valence-electron chi connectivity index (χ4n) is 2.36. The number of carbonyl (C=O) groups is 2. The summed E-state index contributed by atoms with van der Waals surface area (Å²) in [6.45, 7) is 4.78. The number of aliphatic carboxylic acids is 1. The zero-order valence-corrected chi connectivity index (χ0v) is 13.8. The summed E-state index contributed by atoms with van der Waals surface area (Å²) in [4.78, 5) is 22.3. The number of carboxylic acids is 1. The van der Waals surface area contributed by atoms with Gasteiger partial charge in [0.15, 0.2) is 0 Å². The summed E-state index contributed by atoms with van der Waals surface area (Å²) in [6.07, 6.45) is 4.81. The van der Waals surface area contributed by atoms with Crippen molar-refractivity contribution in [3.05, 3.63) is 17.5 Å². The van der Waals surface area contributed by atoms with E-state index in [9.17, 15) is 9.59 Å². The maximum absolute atomic E-state index is 12.0. The highest BCUT2D eigenvalue weighted by Gasteiger charge is 2.13. The number of amides is 1. The Hall–Kier alpha value is -1.85. The molecule has 1 aromatic heterocycles. The Bertz CT molecular complexity index is 495. The molecule has 0 aliphatic rings.